The predicted octanol–water partition coefficient (Wildman–Crippen LogP) is 5.22. The predicted molar refractivity (Wildman–Crippen MR) is 111 cm³/mol. The Balaban J connectivity index is 1.58. The van der Waals surface area contributed by atoms with E-state index in [1.807, 2.05) is 34.9 Å². The molecule has 1 atom stereocenters. The van der Waals surface area contributed by atoms with Gasteiger partial charge in [-0.1, -0.05) is 41.9 Å². The molecule has 0 amide bonds. The van der Waals surface area contributed by atoms with Crippen molar-refractivity contribution in [3.63, 3.8) is 0 Å². The number of aromatic nitrogens is 4. The molecule has 0 N–H and O–H groups in total. The lowest BCUT2D eigenvalue weighted by atomic mass is 10.1. The summed E-state index contributed by atoms with van der Waals surface area (Å²) in [4.78, 5) is 14.1. The Morgan fingerprint density at radius 1 is 1.00 bits per heavy atom. The second-order valence-electron chi connectivity index (χ2n) is 7.19. The van der Waals surface area contributed by atoms with Crippen molar-refractivity contribution in [1.82, 2.24) is 19.5 Å². The van der Waals surface area contributed by atoms with Crippen molar-refractivity contribution < 1.29 is 9.15 Å². The first-order valence-electron chi connectivity index (χ1n) is 9.93. The first kappa shape index (κ1) is 18.3. The minimum Gasteiger partial charge on any atom is -0.461 e. The van der Waals surface area contributed by atoms with Gasteiger partial charge in [-0.2, -0.15) is 0 Å². The van der Waals surface area contributed by atoms with Gasteiger partial charge in [-0.15, -0.1) is 0 Å². The van der Waals surface area contributed by atoms with Gasteiger partial charge in [0.25, 0.3) is 0 Å². The molecule has 6 nitrogen and oxygen atoms in total. The van der Waals surface area contributed by atoms with Crippen LogP contribution in [0.2, 0.25) is 5.15 Å². The van der Waals surface area contributed by atoms with Crippen molar-refractivity contribution in [2.75, 3.05) is 6.61 Å². The molecule has 0 spiro atoms. The molecule has 1 unspecified atom stereocenters. The lowest BCUT2D eigenvalue weighted by Gasteiger charge is -2.25. The van der Waals surface area contributed by atoms with Gasteiger partial charge in [0.15, 0.2) is 22.4 Å². The maximum absolute atomic E-state index is 6.53. The quantitative estimate of drug-likeness (QED) is 0.423. The first-order chi connectivity index (χ1) is 14.3. The monoisotopic (exact) mass is 408 g/mol. The minimum absolute atomic E-state index is 0.137. The lowest BCUT2D eigenvalue weighted by molar-refractivity contribution is -0.0289. The average molecular weight is 409 g/mol. The Bertz CT molecular complexity index is 1100. The Morgan fingerprint density at radius 3 is 2.66 bits per heavy atom. The third-order valence-electron chi connectivity index (χ3n) is 5.21. The van der Waals surface area contributed by atoms with Crippen molar-refractivity contribution in [1.29, 1.82) is 0 Å². The van der Waals surface area contributed by atoms with Crippen LogP contribution in [-0.2, 0) is 17.6 Å². The standard InChI is InChI=1S/C22H21ClN4O2/c23-20-19-22(25-17(24-20)12-11-15-7-2-1-3-8-15)27(18-10-4-5-13-29-18)21(26-19)16-9-6-14-28-16/h1-3,6-9,14,18H,4-5,10-13H2. The normalized spacial score (nSPS) is 17.1. The summed E-state index contributed by atoms with van der Waals surface area (Å²) in [5.74, 6) is 2.04. The average Bonchev–Trinajstić information content (AvgIpc) is 3.42. The summed E-state index contributed by atoms with van der Waals surface area (Å²) < 4.78 is 13.7. The van der Waals surface area contributed by atoms with Crippen LogP contribution in [0.3, 0.4) is 0 Å². The summed E-state index contributed by atoms with van der Waals surface area (Å²) in [6.45, 7) is 0.724. The van der Waals surface area contributed by atoms with Gasteiger partial charge in [0.2, 0.25) is 0 Å². The molecule has 148 valence electrons. The van der Waals surface area contributed by atoms with Gasteiger partial charge in [-0.05, 0) is 43.4 Å². The summed E-state index contributed by atoms with van der Waals surface area (Å²) in [5, 5.41) is 0.362. The smallest absolute Gasteiger partial charge is 0.180 e. The molecule has 0 bridgehead atoms. The van der Waals surface area contributed by atoms with E-state index in [1.165, 1.54) is 5.56 Å². The van der Waals surface area contributed by atoms with Crippen LogP contribution in [0.25, 0.3) is 22.7 Å². The molecule has 0 saturated carbocycles. The molecule has 0 radical (unpaired) electrons. The minimum atomic E-state index is -0.137. The maximum atomic E-state index is 6.53. The number of hydrogen-bond acceptors (Lipinski definition) is 5. The summed E-state index contributed by atoms with van der Waals surface area (Å²) in [6, 6.07) is 14.0. The van der Waals surface area contributed by atoms with Crippen LogP contribution in [0.1, 0.15) is 36.9 Å². The Morgan fingerprint density at radius 2 is 1.90 bits per heavy atom. The van der Waals surface area contributed by atoms with E-state index in [4.69, 9.17) is 30.7 Å². The molecular formula is C22H21ClN4O2. The second-order valence-corrected chi connectivity index (χ2v) is 7.55. The molecule has 4 heterocycles. The van der Waals surface area contributed by atoms with E-state index in [9.17, 15) is 0 Å². The highest BCUT2D eigenvalue weighted by atomic mass is 35.5. The molecule has 1 aromatic carbocycles. The zero-order valence-electron chi connectivity index (χ0n) is 15.9. The van der Waals surface area contributed by atoms with Gasteiger partial charge in [0.05, 0.1) is 6.26 Å². The summed E-state index contributed by atoms with van der Waals surface area (Å²) in [5.41, 5.74) is 2.52. The number of rotatable bonds is 5. The van der Waals surface area contributed by atoms with Gasteiger partial charge < -0.3 is 9.15 Å². The number of furan rings is 1. The highest BCUT2D eigenvalue weighted by Gasteiger charge is 2.26. The van der Waals surface area contributed by atoms with Crippen LogP contribution >= 0.6 is 11.6 Å². The van der Waals surface area contributed by atoms with E-state index >= 15 is 0 Å². The van der Waals surface area contributed by atoms with Gasteiger partial charge in [0.1, 0.15) is 17.6 Å². The van der Waals surface area contributed by atoms with E-state index < -0.39 is 0 Å². The zero-order chi connectivity index (χ0) is 19.6. The molecule has 5 rings (SSSR count). The molecule has 3 aromatic heterocycles. The van der Waals surface area contributed by atoms with Gasteiger partial charge in [-0.3, -0.25) is 4.57 Å². The van der Waals surface area contributed by atoms with E-state index in [0.717, 1.165) is 32.3 Å². The SMILES string of the molecule is Clc1nc(CCc2ccccc2)nc2c1nc(-c1ccco1)n2C1CCCCO1. The first-order valence-corrected chi connectivity index (χ1v) is 10.3. The largest absolute Gasteiger partial charge is 0.461 e. The van der Waals surface area contributed by atoms with Gasteiger partial charge in [-0.25, -0.2) is 15.0 Å². The summed E-state index contributed by atoms with van der Waals surface area (Å²) >= 11 is 6.53. The number of benzene rings is 1. The molecule has 1 fully saturated rings. The van der Waals surface area contributed by atoms with Crippen molar-refractivity contribution in [3.8, 4) is 11.6 Å². The second kappa shape index (κ2) is 7.97. The van der Waals surface area contributed by atoms with Gasteiger partial charge >= 0.3 is 0 Å². The Kier molecular flexibility index (Phi) is 5.04. The molecule has 4 aromatic rings. The molecule has 1 aliphatic heterocycles. The Labute approximate surface area is 173 Å². The van der Waals surface area contributed by atoms with Crippen molar-refractivity contribution >= 4 is 22.8 Å². The third kappa shape index (κ3) is 3.66. The lowest BCUT2D eigenvalue weighted by Crippen LogP contribution is -2.19. The van der Waals surface area contributed by atoms with Crippen LogP contribution in [0.15, 0.2) is 53.1 Å². The molecule has 7 heteroatoms. The zero-order valence-corrected chi connectivity index (χ0v) is 16.7. The number of nitrogens with zero attached hydrogens (tertiary/aromatic N) is 4. The number of halogens is 1. The maximum Gasteiger partial charge on any atom is 0.180 e. The number of imidazole rings is 1. The summed E-state index contributed by atoms with van der Waals surface area (Å²) in [6.07, 6.45) is 6.12. The van der Waals surface area contributed by atoms with E-state index in [1.54, 1.807) is 6.26 Å². The topological polar surface area (TPSA) is 66.0 Å². The van der Waals surface area contributed by atoms with Crippen LogP contribution in [0.5, 0.6) is 0 Å². The fraction of sp³-hybridized carbons (Fsp3) is 0.318. The summed E-state index contributed by atoms with van der Waals surface area (Å²) in [7, 11) is 0. The highest BCUT2D eigenvalue weighted by Crippen LogP contribution is 2.34. The van der Waals surface area contributed by atoms with E-state index in [-0.39, 0.29) is 6.23 Å². The van der Waals surface area contributed by atoms with Crippen LogP contribution in [0, 0.1) is 0 Å². The fourth-order valence-corrected chi connectivity index (χ4v) is 4.00. The number of ether oxygens (including phenoxy) is 1. The molecule has 0 aliphatic carbocycles. The van der Waals surface area contributed by atoms with E-state index in [0.29, 0.717) is 40.1 Å². The number of hydrogen-bond donors (Lipinski definition) is 0. The number of fused-ring (bicyclic) bond motifs is 1. The van der Waals surface area contributed by atoms with E-state index in [2.05, 4.69) is 17.1 Å². The van der Waals surface area contributed by atoms with Crippen LogP contribution < -0.4 is 0 Å². The van der Waals surface area contributed by atoms with Gasteiger partial charge in [0, 0.05) is 13.0 Å². The third-order valence-corrected chi connectivity index (χ3v) is 5.47. The molecule has 1 saturated heterocycles. The molecule has 29 heavy (non-hydrogen) atoms. The van der Waals surface area contributed by atoms with Crippen molar-refractivity contribution in [2.45, 2.75) is 38.3 Å². The van der Waals surface area contributed by atoms with Crippen molar-refractivity contribution in [3.05, 3.63) is 65.3 Å². The van der Waals surface area contributed by atoms with Crippen LogP contribution in [0.4, 0.5) is 0 Å². The molecule has 1 aliphatic rings. The van der Waals surface area contributed by atoms with Crippen LogP contribution in [-0.4, -0.2) is 26.1 Å². The number of aryl methyl sites for hydroxylation is 2. The fourth-order valence-electron chi connectivity index (χ4n) is 3.78. The van der Waals surface area contributed by atoms with Crippen molar-refractivity contribution in [2.24, 2.45) is 0 Å². The highest BCUT2D eigenvalue weighted by molar-refractivity contribution is 6.33. The Hall–Kier alpha value is -2.70. The molecular weight excluding hydrogens is 388 g/mol.